The highest BCUT2D eigenvalue weighted by Crippen LogP contribution is 2.12. The van der Waals surface area contributed by atoms with Crippen molar-refractivity contribution in [3.63, 3.8) is 0 Å². The molecule has 2 heterocycles. The van der Waals surface area contributed by atoms with Crippen LogP contribution >= 0.6 is 0 Å². The first-order valence-corrected chi connectivity index (χ1v) is 5.18. The third-order valence-corrected chi connectivity index (χ3v) is 2.61. The molecule has 0 aliphatic carbocycles. The van der Waals surface area contributed by atoms with Gasteiger partial charge < -0.3 is 14.4 Å². The number of ether oxygens (including phenoxy) is 2. The van der Waals surface area contributed by atoms with Crippen molar-refractivity contribution in [3.05, 3.63) is 6.42 Å². The van der Waals surface area contributed by atoms with Crippen LogP contribution in [0.15, 0.2) is 0 Å². The molecule has 0 aromatic rings. The van der Waals surface area contributed by atoms with Crippen LogP contribution in [0, 0.1) is 6.42 Å². The Balaban J connectivity index is 1.85. The van der Waals surface area contributed by atoms with Crippen molar-refractivity contribution in [2.75, 3.05) is 32.9 Å². The van der Waals surface area contributed by atoms with Gasteiger partial charge in [0, 0.05) is 13.1 Å². The van der Waals surface area contributed by atoms with E-state index in [9.17, 15) is 4.79 Å². The van der Waals surface area contributed by atoms with Gasteiger partial charge in [-0.3, -0.25) is 4.79 Å². The lowest BCUT2D eigenvalue weighted by Gasteiger charge is -2.31. The molecule has 4 heteroatoms. The minimum absolute atomic E-state index is 0.0952. The second-order valence-electron chi connectivity index (χ2n) is 3.63. The number of carbonyl (C=O) groups is 1. The Morgan fingerprint density at radius 1 is 1.29 bits per heavy atom. The lowest BCUT2D eigenvalue weighted by atomic mass is 10.1. The standard InChI is InChI=1S/C10H16NO3/c12-10(9-8-13-6-7-14-9)11-4-2-1-3-5-11/h1,9H,2-8H2. The third kappa shape index (κ3) is 2.25. The molecule has 0 spiro atoms. The van der Waals surface area contributed by atoms with Crippen molar-refractivity contribution in [2.24, 2.45) is 0 Å². The Labute approximate surface area is 84.2 Å². The molecule has 0 aromatic carbocycles. The zero-order chi connectivity index (χ0) is 9.80. The van der Waals surface area contributed by atoms with Gasteiger partial charge in [0.1, 0.15) is 0 Å². The van der Waals surface area contributed by atoms with Crippen LogP contribution < -0.4 is 0 Å². The molecule has 0 N–H and O–H groups in total. The van der Waals surface area contributed by atoms with E-state index in [4.69, 9.17) is 9.47 Å². The third-order valence-electron chi connectivity index (χ3n) is 2.61. The normalized spacial score (nSPS) is 28.9. The molecule has 2 fully saturated rings. The highest BCUT2D eigenvalue weighted by Gasteiger charge is 2.28. The summed E-state index contributed by atoms with van der Waals surface area (Å²) in [7, 11) is 0. The van der Waals surface area contributed by atoms with Gasteiger partial charge in [-0.2, -0.15) is 0 Å². The molecular formula is C10H16NO3. The SMILES string of the molecule is O=C(C1COCCO1)N1CC[CH]CC1. The smallest absolute Gasteiger partial charge is 0.254 e. The van der Waals surface area contributed by atoms with Crippen LogP contribution in [0.1, 0.15) is 12.8 Å². The first-order chi connectivity index (χ1) is 6.88. The van der Waals surface area contributed by atoms with Gasteiger partial charge in [0.05, 0.1) is 19.8 Å². The van der Waals surface area contributed by atoms with Crippen molar-refractivity contribution in [3.8, 4) is 0 Å². The zero-order valence-corrected chi connectivity index (χ0v) is 8.28. The minimum atomic E-state index is -0.359. The summed E-state index contributed by atoms with van der Waals surface area (Å²) in [6.45, 7) is 3.23. The summed E-state index contributed by atoms with van der Waals surface area (Å²) in [6, 6.07) is 0. The Bertz CT molecular complexity index is 176. The molecule has 4 nitrogen and oxygen atoms in total. The number of amides is 1. The Morgan fingerprint density at radius 3 is 2.71 bits per heavy atom. The van der Waals surface area contributed by atoms with Gasteiger partial charge in [0.2, 0.25) is 0 Å². The number of likely N-dealkylation sites (tertiary alicyclic amines) is 1. The quantitative estimate of drug-likeness (QED) is 0.605. The summed E-state index contributed by atoms with van der Waals surface area (Å²) < 4.78 is 10.6. The summed E-state index contributed by atoms with van der Waals surface area (Å²) in [4.78, 5) is 13.7. The van der Waals surface area contributed by atoms with Crippen molar-refractivity contribution >= 4 is 5.91 Å². The molecule has 0 aromatic heterocycles. The molecule has 0 bridgehead atoms. The second kappa shape index (κ2) is 4.75. The molecule has 0 saturated carbocycles. The summed E-state index contributed by atoms with van der Waals surface area (Å²) in [5.41, 5.74) is 0. The molecule has 2 aliphatic rings. The van der Waals surface area contributed by atoms with Crippen LogP contribution in [0.4, 0.5) is 0 Å². The second-order valence-corrected chi connectivity index (χ2v) is 3.63. The number of hydrogen-bond donors (Lipinski definition) is 0. The maximum atomic E-state index is 11.9. The summed E-state index contributed by atoms with van der Waals surface area (Å²) >= 11 is 0. The largest absolute Gasteiger partial charge is 0.376 e. The Morgan fingerprint density at radius 2 is 2.07 bits per heavy atom. The van der Waals surface area contributed by atoms with E-state index in [1.165, 1.54) is 0 Å². The van der Waals surface area contributed by atoms with Crippen LogP contribution in [0.5, 0.6) is 0 Å². The van der Waals surface area contributed by atoms with E-state index >= 15 is 0 Å². The topological polar surface area (TPSA) is 38.8 Å². The average Bonchev–Trinajstić information content (AvgIpc) is 2.30. The lowest BCUT2D eigenvalue weighted by molar-refractivity contribution is -0.158. The van der Waals surface area contributed by atoms with Gasteiger partial charge in [0.25, 0.3) is 5.91 Å². The molecule has 2 rings (SSSR count). The predicted molar refractivity (Wildman–Crippen MR) is 50.7 cm³/mol. The molecule has 1 radical (unpaired) electrons. The van der Waals surface area contributed by atoms with E-state index in [0.717, 1.165) is 25.9 Å². The number of hydrogen-bond acceptors (Lipinski definition) is 3. The van der Waals surface area contributed by atoms with Crippen molar-refractivity contribution < 1.29 is 14.3 Å². The maximum Gasteiger partial charge on any atom is 0.254 e. The molecular weight excluding hydrogens is 182 g/mol. The van der Waals surface area contributed by atoms with Gasteiger partial charge in [-0.15, -0.1) is 0 Å². The summed E-state index contributed by atoms with van der Waals surface area (Å²) in [6.07, 6.45) is 3.86. The fourth-order valence-corrected chi connectivity index (χ4v) is 1.80. The first kappa shape index (κ1) is 9.93. The average molecular weight is 198 g/mol. The first-order valence-electron chi connectivity index (χ1n) is 5.18. The summed E-state index contributed by atoms with van der Waals surface area (Å²) in [5.74, 6) is 0.0952. The van der Waals surface area contributed by atoms with Gasteiger partial charge in [-0.05, 0) is 19.3 Å². The van der Waals surface area contributed by atoms with Gasteiger partial charge in [-0.25, -0.2) is 0 Å². The monoisotopic (exact) mass is 198 g/mol. The van der Waals surface area contributed by atoms with Crippen LogP contribution in [0.25, 0.3) is 0 Å². The molecule has 14 heavy (non-hydrogen) atoms. The van der Waals surface area contributed by atoms with E-state index in [0.29, 0.717) is 19.8 Å². The van der Waals surface area contributed by atoms with Gasteiger partial charge in [0.15, 0.2) is 6.10 Å². The van der Waals surface area contributed by atoms with Crippen molar-refractivity contribution in [2.45, 2.75) is 18.9 Å². The molecule has 1 amide bonds. The lowest BCUT2D eigenvalue weighted by Crippen LogP contribution is -2.47. The van der Waals surface area contributed by atoms with Gasteiger partial charge in [-0.1, -0.05) is 0 Å². The predicted octanol–water partition coefficient (Wildman–Crippen LogP) is 0.228. The highest BCUT2D eigenvalue weighted by atomic mass is 16.6. The Kier molecular flexibility index (Phi) is 3.37. The van der Waals surface area contributed by atoms with Crippen molar-refractivity contribution in [1.29, 1.82) is 0 Å². The fraction of sp³-hybridized carbons (Fsp3) is 0.800. The van der Waals surface area contributed by atoms with E-state index in [1.54, 1.807) is 0 Å². The number of carbonyl (C=O) groups excluding carboxylic acids is 1. The molecule has 79 valence electrons. The highest BCUT2D eigenvalue weighted by molar-refractivity contribution is 5.81. The van der Waals surface area contributed by atoms with E-state index < -0.39 is 0 Å². The maximum absolute atomic E-state index is 11.9. The number of nitrogens with zero attached hydrogens (tertiary/aromatic N) is 1. The zero-order valence-electron chi connectivity index (χ0n) is 8.28. The minimum Gasteiger partial charge on any atom is -0.376 e. The van der Waals surface area contributed by atoms with E-state index in [-0.39, 0.29) is 12.0 Å². The van der Waals surface area contributed by atoms with Crippen LogP contribution in [0.2, 0.25) is 0 Å². The van der Waals surface area contributed by atoms with Crippen LogP contribution in [0.3, 0.4) is 0 Å². The van der Waals surface area contributed by atoms with E-state index in [2.05, 4.69) is 6.42 Å². The Hall–Kier alpha value is -0.610. The molecule has 2 saturated heterocycles. The van der Waals surface area contributed by atoms with Gasteiger partial charge >= 0.3 is 0 Å². The summed E-state index contributed by atoms with van der Waals surface area (Å²) in [5, 5.41) is 0. The van der Waals surface area contributed by atoms with E-state index in [1.807, 2.05) is 4.90 Å². The van der Waals surface area contributed by atoms with Crippen molar-refractivity contribution in [1.82, 2.24) is 4.90 Å². The number of rotatable bonds is 1. The molecule has 1 unspecified atom stereocenters. The fourth-order valence-electron chi connectivity index (χ4n) is 1.80. The molecule has 1 atom stereocenters. The molecule has 2 aliphatic heterocycles. The van der Waals surface area contributed by atoms with Crippen LogP contribution in [-0.2, 0) is 14.3 Å². The number of piperidine rings is 1. The van der Waals surface area contributed by atoms with Crippen LogP contribution in [-0.4, -0.2) is 49.8 Å².